The number of aryl methyl sites for hydroxylation is 5. The second kappa shape index (κ2) is 59.9. The second-order valence-electron chi connectivity index (χ2n) is 41.7. The smallest absolute Gasteiger partial charge is 0.410 e. The first-order chi connectivity index (χ1) is 64.1. The van der Waals surface area contributed by atoms with Crippen LogP contribution >= 0.6 is 0 Å². The fraction of sp³-hybridized carbons (Fsp3) is 0.639. The van der Waals surface area contributed by atoms with E-state index in [0.717, 1.165) is 87.0 Å². The van der Waals surface area contributed by atoms with Crippen LogP contribution in [0, 0.1) is 30.2 Å². The molecule has 4 aliphatic carbocycles. The number of anilines is 1. The topological polar surface area (TPSA) is 318 Å². The lowest BCUT2D eigenvalue weighted by atomic mass is 9.89. The number of carbonyl (C=O) groups is 7. The van der Waals surface area contributed by atoms with E-state index in [0.29, 0.717) is 61.7 Å². The molecule has 760 valence electrons. The van der Waals surface area contributed by atoms with Gasteiger partial charge in [-0.25, -0.2) is 35.2 Å². The lowest BCUT2D eigenvalue weighted by Gasteiger charge is -2.24. The summed E-state index contributed by atoms with van der Waals surface area (Å²) in [7, 11) is 8.38. The van der Waals surface area contributed by atoms with Gasteiger partial charge in [0.15, 0.2) is 5.78 Å². The number of nitrogens with two attached hydrogens (primary N) is 1. The minimum atomic E-state index is -0.575. The van der Waals surface area contributed by atoms with E-state index >= 15 is 0 Å². The summed E-state index contributed by atoms with van der Waals surface area (Å²) >= 11 is 0. The quantitative estimate of drug-likeness (QED) is 0.0259. The molecule has 0 spiro atoms. The van der Waals surface area contributed by atoms with Gasteiger partial charge in [0, 0.05) is 96.7 Å². The fourth-order valence-corrected chi connectivity index (χ4v) is 16.2. The Morgan fingerprint density at radius 3 is 1.01 bits per heavy atom. The van der Waals surface area contributed by atoms with Crippen molar-refractivity contribution in [1.82, 2.24) is 63.6 Å². The summed E-state index contributed by atoms with van der Waals surface area (Å²) in [5.41, 5.74) is 14.5. The highest BCUT2D eigenvalue weighted by atomic mass is 16.6. The largest absolute Gasteiger partial charge is 0.444 e. The molecule has 29 heteroatoms. The van der Waals surface area contributed by atoms with E-state index in [1.807, 2.05) is 142 Å². The molecular formula is C108H169N15O14. The number of benzene rings is 3. The maximum atomic E-state index is 12.8. The van der Waals surface area contributed by atoms with Crippen LogP contribution in [-0.4, -0.2) is 195 Å². The molecule has 4 aliphatic rings. The third kappa shape index (κ3) is 49.1. The zero-order valence-corrected chi connectivity index (χ0v) is 86.5. The summed E-state index contributed by atoms with van der Waals surface area (Å²) in [6.45, 7) is 43.7. The Kier molecular flexibility index (Phi) is 51.6. The van der Waals surface area contributed by atoms with Crippen molar-refractivity contribution < 1.29 is 66.8 Å². The number of amides is 5. The van der Waals surface area contributed by atoms with Crippen LogP contribution in [0.5, 0.6) is 0 Å². The van der Waals surface area contributed by atoms with Crippen LogP contribution in [0.3, 0.4) is 0 Å². The summed E-state index contributed by atoms with van der Waals surface area (Å²) in [6.07, 6.45) is 31.5. The Bertz CT molecular complexity index is 4760. The van der Waals surface area contributed by atoms with E-state index in [2.05, 4.69) is 99.0 Å². The fourth-order valence-electron chi connectivity index (χ4n) is 16.2. The molecule has 0 radical (unpaired) electrons. The van der Waals surface area contributed by atoms with Crippen molar-refractivity contribution in [2.24, 2.45) is 23.7 Å². The van der Waals surface area contributed by atoms with Gasteiger partial charge >= 0.3 is 36.6 Å². The van der Waals surface area contributed by atoms with Crippen molar-refractivity contribution in [1.29, 1.82) is 0 Å². The third-order valence-electron chi connectivity index (χ3n) is 23.1. The number of Topliss-reactive ketones (excluding diaryl/α,β-unsaturated/α-hetero) is 2. The predicted octanol–water partition coefficient (Wildman–Crippen LogP) is 22.8. The van der Waals surface area contributed by atoms with Crippen molar-refractivity contribution in [2.45, 2.75) is 372 Å². The number of hydrogen-bond acceptors (Lipinski definition) is 19. The number of nitrogen functional groups attached to an aromatic ring is 1. The maximum Gasteiger partial charge on any atom is 0.410 e. The molecule has 0 unspecified atom stereocenters. The maximum absolute atomic E-state index is 12.8. The van der Waals surface area contributed by atoms with Crippen LogP contribution in [-0.2, 0) is 122 Å². The van der Waals surface area contributed by atoms with Gasteiger partial charge in [0.25, 0.3) is 6.54 Å². The molecule has 4 fully saturated rings. The van der Waals surface area contributed by atoms with Gasteiger partial charge in [-0.05, 0) is 247 Å². The van der Waals surface area contributed by atoms with Gasteiger partial charge in [-0.2, -0.15) is 30.0 Å². The normalized spacial score (nSPS) is 14.2. The third-order valence-corrected chi connectivity index (χ3v) is 23.1. The summed E-state index contributed by atoms with van der Waals surface area (Å²) in [6, 6.07) is 39.1. The minimum absolute atomic E-state index is 0. The van der Waals surface area contributed by atoms with Gasteiger partial charge < -0.3 is 58.8 Å². The van der Waals surface area contributed by atoms with E-state index < -0.39 is 28.5 Å². The van der Waals surface area contributed by atoms with Gasteiger partial charge in [-0.15, -0.1) is 0 Å². The van der Waals surface area contributed by atoms with Crippen LogP contribution in [0.15, 0.2) is 115 Å². The molecule has 11 rings (SSSR count). The summed E-state index contributed by atoms with van der Waals surface area (Å²) in [5, 5.41) is 19.2. The van der Waals surface area contributed by atoms with Gasteiger partial charge in [0.05, 0.1) is 55.4 Å². The molecule has 0 bridgehead atoms. The first-order valence-electron chi connectivity index (χ1n) is 49.3. The number of aromatic nitrogens is 8. The van der Waals surface area contributed by atoms with E-state index in [4.69, 9.17) is 60.9 Å². The van der Waals surface area contributed by atoms with Gasteiger partial charge in [0.1, 0.15) is 33.8 Å². The van der Waals surface area contributed by atoms with Crippen LogP contribution in [0.1, 0.15) is 321 Å². The minimum Gasteiger partial charge on any atom is -0.444 e. The van der Waals surface area contributed by atoms with Crippen LogP contribution in [0.25, 0.3) is 4.85 Å². The van der Waals surface area contributed by atoms with Crippen LogP contribution < -0.4 is 5.73 Å². The number of likely N-dealkylation sites (N-methyl/N-ethyl adjacent to an activating group) is 1. The zero-order chi connectivity index (χ0) is 101. The van der Waals surface area contributed by atoms with Crippen molar-refractivity contribution in [3.63, 3.8) is 0 Å². The Morgan fingerprint density at radius 2 is 0.679 bits per heavy atom. The number of carbonyl (C=O) groups excluding carboxylic acids is 9. The lowest BCUT2D eigenvalue weighted by molar-refractivity contribution is -0.191. The number of nitrogens with zero attached hydrogens (tertiary/aromatic N) is 14. The molecule has 5 amide bonds. The predicted molar refractivity (Wildman–Crippen MR) is 541 cm³/mol. The number of ketones is 2. The van der Waals surface area contributed by atoms with E-state index in [1.54, 1.807) is 53.9 Å². The number of rotatable bonds is 29. The lowest BCUT2D eigenvalue weighted by Crippen LogP contribution is -2.37. The van der Waals surface area contributed by atoms with E-state index in [-0.39, 0.29) is 68.2 Å². The van der Waals surface area contributed by atoms with Crippen LogP contribution in [0.2, 0.25) is 0 Å². The highest BCUT2D eigenvalue weighted by Crippen LogP contribution is 2.32. The summed E-state index contributed by atoms with van der Waals surface area (Å²) in [4.78, 5) is 110. The second-order valence-corrected chi connectivity index (χ2v) is 41.7. The molecule has 4 saturated carbocycles. The Morgan fingerprint density at radius 1 is 0.394 bits per heavy atom. The standard InChI is InChI=1S/C25H35N3O3.C25H37N3O2.C21H30N2.C17H30N4O2.C10H16N2O3.C8H17NO2.CO2.CH4/c1-25(2,3)31-24(30)27(4)18-21-15-22(16-23(29)20-13-9-6-10-14-20)28(26-21)17-19-11-7-5-8-12-19;1-25(2,3)30-24(29)27(4)19-22-17-23(16-15-20-11-7-5-8-12-20)28(26-22)18-21-13-9-6-10-14-21;1-2-9-20-16-21(15-14-18-10-5-3-6-11-18)23(22-20)17-19-12-7-4-8-13-19;1-17(2,3)23-16(22)20(4)12-14-10-15(18)21(19-14)11-13-8-6-5-7-9-13;1-10(2,3)15-9(14)12(5)7-8(13)6-11-4;1-6-9(5)7(10)11-8(2,3)4;2-1-3;/h6,9-10,13-15,19H,5,7-8,11-12,16-18H2,1-4H3;5,7-8,11-12,17,21H,6,9-10,13-16,18-19H2,1-4H3;3,5-6,10-11,16,19H,2,4,7-9,12-15,17H2,1H3;10,13H,5-9,11-12,18H2,1-4H3;6-7H2,1-3,5H3;6H2,1-5H3;;1H4. The van der Waals surface area contributed by atoms with Gasteiger partial charge in [-0.3, -0.25) is 23.6 Å². The van der Waals surface area contributed by atoms with Crippen molar-refractivity contribution in [2.75, 3.05) is 60.6 Å². The monoisotopic (exact) mass is 1900 g/mol. The molecule has 3 aromatic carbocycles. The average Bonchev–Trinajstić information content (AvgIpc) is 1.70. The van der Waals surface area contributed by atoms with Crippen molar-refractivity contribution in [3.05, 3.63) is 183 Å². The molecular weight excluding hydrogens is 1730 g/mol. The molecule has 4 aromatic heterocycles. The zero-order valence-electron chi connectivity index (χ0n) is 86.5. The van der Waals surface area contributed by atoms with Crippen LogP contribution in [0.4, 0.5) is 29.8 Å². The highest BCUT2D eigenvalue weighted by Gasteiger charge is 2.29. The van der Waals surface area contributed by atoms with Gasteiger partial charge in [0.2, 0.25) is 5.78 Å². The molecule has 29 nitrogen and oxygen atoms in total. The Balaban J connectivity index is 0.000000350. The Hall–Kier alpha value is -11.1. The van der Waals surface area contributed by atoms with Crippen molar-refractivity contribution in [3.8, 4) is 0 Å². The van der Waals surface area contributed by atoms with Crippen molar-refractivity contribution >= 4 is 54.0 Å². The SMILES string of the molecule is C.CCCc1cc(CCc2ccccc2)n(CC2CCCCC2)n1.CCN(C)C(=O)OC(C)(C)C.CN(Cc1cc(CC(=O)c2ccccc2)n(CC2CCCCC2)n1)C(=O)OC(C)(C)C.CN(Cc1cc(CCc2ccccc2)n(CC2CCCCC2)n1)C(=O)OC(C)(C)C.CN(Cc1cc(N)n(CC2CCCCC2)n1)C(=O)OC(C)(C)C.O=C=O.[C-]#[N+]CC(=O)CN(C)C(=O)OC(C)(C)C. The molecule has 0 saturated heterocycles. The summed E-state index contributed by atoms with van der Waals surface area (Å²) in [5.74, 6) is 3.27. The average molecular weight is 1900 g/mol. The number of ether oxygens (including phenoxy) is 5. The molecule has 0 atom stereocenters. The first-order valence-corrected chi connectivity index (χ1v) is 49.3. The van der Waals surface area contributed by atoms with E-state index in [1.165, 1.54) is 190 Å². The molecule has 4 heterocycles. The van der Waals surface area contributed by atoms with E-state index in [9.17, 15) is 33.6 Å². The van der Waals surface area contributed by atoms with Gasteiger partial charge in [-0.1, -0.05) is 189 Å². The molecule has 0 aliphatic heterocycles. The number of hydrogen-bond donors (Lipinski definition) is 1. The highest BCUT2D eigenvalue weighted by molar-refractivity contribution is 5.97. The summed E-state index contributed by atoms with van der Waals surface area (Å²) < 4.78 is 34.8. The Labute approximate surface area is 819 Å². The molecule has 7 aromatic rings. The first kappa shape index (κ1) is 118. The molecule has 137 heavy (non-hydrogen) atoms. The molecule has 2 N–H and O–H groups in total.